The zero-order valence-electron chi connectivity index (χ0n) is 13.2. The van der Waals surface area contributed by atoms with Crippen molar-refractivity contribution in [3.05, 3.63) is 0 Å². The first kappa shape index (κ1) is 18.0. The Hall–Kier alpha value is -0.0400. The van der Waals surface area contributed by atoms with Crippen LogP contribution < -0.4 is 5.73 Å². The quantitative estimate of drug-likeness (QED) is 0.421. The van der Waals surface area contributed by atoms with Gasteiger partial charge in [0.15, 0.2) is 0 Å². The Labute approximate surface area is 116 Å². The fourth-order valence-electron chi connectivity index (χ4n) is 2.74. The van der Waals surface area contributed by atoms with Crippen LogP contribution in [0.1, 0.15) is 97.8 Å². The molecule has 0 aliphatic carbocycles. The molecule has 0 aliphatic rings. The first-order valence-electron chi connectivity index (χ1n) is 8.51. The Morgan fingerprint density at radius 1 is 0.611 bits per heavy atom. The Balaban J connectivity index is 3.89. The van der Waals surface area contributed by atoms with Gasteiger partial charge >= 0.3 is 0 Å². The summed E-state index contributed by atoms with van der Waals surface area (Å²) in [6.45, 7) is 6.83. The molecule has 2 unspecified atom stereocenters. The van der Waals surface area contributed by atoms with E-state index in [2.05, 4.69) is 20.8 Å². The van der Waals surface area contributed by atoms with Crippen LogP contribution in [0.4, 0.5) is 0 Å². The van der Waals surface area contributed by atoms with Crippen molar-refractivity contribution in [3.8, 4) is 0 Å². The van der Waals surface area contributed by atoms with Crippen LogP contribution in [0.2, 0.25) is 0 Å². The monoisotopic (exact) mass is 255 g/mol. The summed E-state index contributed by atoms with van der Waals surface area (Å²) in [5.41, 5.74) is 6.40. The summed E-state index contributed by atoms with van der Waals surface area (Å²) in [6, 6.07) is 0.462. The molecule has 0 aliphatic heterocycles. The van der Waals surface area contributed by atoms with Gasteiger partial charge in [-0.3, -0.25) is 0 Å². The van der Waals surface area contributed by atoms with E-state index in [0.29, 0.717) is 6.04 Å². The molecule has 0 aromatic heterocycles. The Morgan fingerprint density at radius 2 is 1.11 bits per heavy atom. The van der Waals surface area contributed by atoms with Gasteiger partial charge in [0, 0.05) is 6.04 Å². The molecule has 0 saturated carbocycles. The number of nitrogens with two attached hydrogens (primary N) is 1. The van der Waals surface area contributed by atoms with Crippen LogP contribution in [-0.4, -0.2) is 6.04 Å². The molecule has 0 radical (unpaired) electrons. The van der Waals surface area contributed by atoms with Gasteiger partial charge in [-0.15, -0.1) is 0 Å². The van der Waals surface area contributed by atoms with Gasteiger partial charge < -0.3 is 5.73 Å². The van der Waals surface area contributed by atoms with Gasteiger partial charge in [-0.1, -0.05) is 78.6 Å². The van der Waals surface area contributed by atoms with E-state index >= 15 is 0 Å². The third-order valence-corrected chi connectivity index (χ3v) is 4.10. The molecule has 1 heteroatoms. The second-order valence-corrected chi connectivity index (χ2v) is 5.91. The van der Waals surface area contributed by atoms with Crippen molar-refractivity contribution in [1.29, 1.82) is 0 Å². The predicted octanol–water partition coefficient (Wildman–Crippen LogP) is 5.67. The highest BCUT2D eigenvalue weighted by Crippen LogP contribution is 2.23. The summed E-state index contributed by atoms with van der Waals surface area (Å²) in [5, 5.41) is 0. The molecule has 0 saturated heterocycles. The Kier molecular flexibility index (Phi) is 13.4. The van der Waals surface area contributed by atoms with Crippen LogP contribution in [0.15, 0.2) is 0 Å². The molecule has 0 aromatic carbocycles. The number of hydrogen-bond acceptors (Lipinski definition) is 1. The normalized spacial score (nSPS) is 14.7. The minimum absolute atomic E-state index is 0.462. The molecular formula is C17H37N. The van der Waals surface area contributed by atoms with Gasteiger partial charge in [0.2, 0.25) is 0 Å². The summed E-state index contributed by atoms with van der Waals surface area (Å²) in [7, 11) is 0. The average Bonchev–Trinajstić information content (AvgIpc) is 2.39. The minimum Gasteiger partial charge on any atom is -0.327 e. The molecule has 110 valence electrons. The topological polar surface area (TPSA) is 26.0 Å². The summed E-state index contributed by atoms with van der Waals surface area (Å²) >= 11 is 0. The second kappa shape index (κ2) is 13.4. The molecule has 0 bridgehead atoms. The Morgan fingerprint density at radius 3 is 1.67 bits per heavy atom. The molecule has 0 amide bonds. The highest BCUT2D eigenvalue weighted by Gasteiger charge is 2.16. The fourth-order valence-corrected chi connectivity index (χ4v) is 2.74. The van der Waals surface area contributed by atoms with Gasteiger partial charge in [0.1, 0.15) is 0 Å². The zero-order valence-corrected chi connectivity index (χ0v) is 13.2. The van der Waals surface area contributed by atoms with Crippen molar-refractivity contribution >= 4 is 0 Å². The molecule has 0 heterocycles. The van der Waals surface area contributed by atoms with Crippen LogP contribution in [0.5, 0.6) is 0 Å². The van der Waals surface area contributed by atoms with E-state index in [-0.39, 0.29) is 0 Å². The lowest BCUT2D eigenvalue weighted by molar-refractivity contribution is 0.325. The van der Waals surface area contributed by atoms with E-state index in [1.54, 1.807) is 0 Å². The Bertz CT molecular complexity index is 156. The maximum atomic E-state index is 6.40. The molecule has 18 heavy (non-hydrogen) atoms. The fraction of sp³-hybridized carbons (Fsp3) is 1.00. The van der Waals surface area contributed by atoms with Crippen LogP contribution in [0, 0.1) is 5.92 Å². The van der Waals surface area contributed by atoms with E-state index in [0.717, 1.165) is 5.92 Å². The van der Waals surface area contributed by atoms with E-state index in [1.807, 2.05) is 0 Å². The number of unbranched alkanes of at least 4 members (excludes halogenated alkanes) is 6. The van der Waals surface area contributed by atoms with E-state index in [4.69, 9.17) is 5.73 Å². The summed E-state index contributed by atoms with van der Waals surface area (Å²) in [4.78, 5) is 0. The van der Waals surface area contributed by atoms with Crippen molar-refractivity contribution in [2.75, 3.05) is 0 Å². The van der Waals surface area contributed by atoms with Gasteiger partial charge in [0.05, 0.1) is 0 Å². The van der Waals surface area contributed by atoms with Gasteiger partial charge in [-0.25, -0.2) is 0 Å². The van der Waals surface area contributed by atoms with Crippen molar-refractivity contribution in [3.63, 3.8) is 0 Å². The second-order valence-electron chi connectivity index (χ2n) is 5.91. The minimum atomic E-state index is 0.462. The van der Waals surface area contributed by atoms with E-state index < -0.39 is 0 Å². The highest BCUT2D eigenvalue weighted by molar-refractivity contribution is 4.73. The highest BCUT2D eigenvalue weighted by atomic mass is 14.6. The van der Waals surface area contributed by atoms with Gasteiger partial charge in [-0.2, -0.15) is 0 Å². The first-order chi connectivity index (χ1) is 8.76. The van der Waals surface area contributed by atoms with Crippen molar-refractivity contribution < 1.29 is 0 Å². The molecule has 2 atom stereocenters. The summed E-state index contributed by atoms with van der Waals surface area (Å²) < 4.78 is 0. The predicted molar refractivity (Wildman–Crippen MR) is 83.9 cm³/mol. The molecule has 0 rings (SSSR count). The maximum absolute atomic E-state index is 6.40. The van der Waals surface area contributed by atoms with E-state index in [1.165, 1.54) is 77.0 Å². The summed E-state index contributed by atoms with van der Waals surface area (Å²) in [6.07, 6.45) is 16.2. The molecule has 1 nitrogen and oxygen atoms in total. The van der Waals surface area contributed by atoms with E-state index in [9.17, 15) is 0 Å². The largest absolute Gasteiger partial charge is 0.327 e. The van der Waals surface area contributed by atoms with Crippen molar-refractivity contribution in [1.82, 2.24) is 0 Å². The SMILES string of the molecule is CCCCCCC(CCCCC)C(N)CCCC. The maximum Gasteiger partial charge on any atom is 0.00671 e. The molecule has 0 fully saturated rings. The molecular weight excluding hydrogens is 218 g/mol. The lowest BCUT2D eigenvalue weighted by Crippen LogP contribution is -2.30. The molecule has 0 spiro atoms. The standard InChI is InChI=1S/C17H37N/c1-4-7-10-12-14-16(13-11-8-5-2)17(18)15-9-6-3/h16-17H,4-15,18H2,1-3H3. The number of rotatable bonds is 13. The van der Waals surface area contributed by atoms with Crippen LogP contribution in [0.3, 0.4) is 0 Å². The third kappa shape index (κ3) is 9.94. The molecule has 2 N–H and O–H groups in total. The van der Waals surface area contributed by atoms with Crippen molar-refractivity contribution in [2.45, 2.75) is 104 Å². The van der Waals surface area contributed by atoms with Crippen molar-refractivity contribution in [2.24, 2.45) is 11.7 Å². The number of hydrogen-bond donors (Lipinski definition) is 1. The molecule has 0 aromatic rings. The van der Waals surface area contributed by atoms with Crippen LogP contribution >= 0.6 is 0 Å². The smallest absolute Gasteiger partial charge is 0.00671 e. The average molecular weight is 255 g/mol. The van der Waals surface area contributed by atoms with Crippen LogP contribution in [0.25, 0.3) is 0 Å². The lowest BCUT2D eigenvalue weighted by Gasteiger charge is -2.24. The van der Waals surface area contributed by atoms with Gasteiger partial charge in [0.25, 0.3) is 0 Å². The zero-order chi connectivity index (χ0) is 13.6. The van der Waals surface area contributed by atoms with Gasteiger partial charge in [-0.05, 0) is 25.2 Å². The summed E-state index contributed by atoms with van der Waals surface area (Å²) in [5.74, 6) is 0.792. The third-order valence-electron chi connectivity index (χ3n) is 4.10. The first-order valence-corrected chi connectivity index (χ1v) is 8.51. The lowest BCUT2D eigenvalue weighted by atomic mass is 9.86. The van der Waals surface area contributed by atoms with Crippen LogP contribution in [-0.2, 0) is 0 Å².